The van der Waals surface area contributed by atoms with Gasteiger partial charge in [-0.15, -0.1) is 0 Å². The largest absolute Gasteiger partial charge is 0.497 e. The molecule has 0 fully saturated rings. The average molecular weight is 347 g/mol. The van der Waals surface area contributed by atoms with Gasteiger partial charge in [0.15, 0.2) is 0 Å². The lowest BCUT2D eigenvalue weighted by molar-refractivity contribution is 0.330. The molecule has 2 aromatic rings. The summed E-state index contributed by atoms with van der Waals surface area (Å²) in [5, 5.41) is 0. The number of para-hydroxylation sites is 1. The van der Waals surface area contributed by atoms with Crippen LogP contribution in [0.15, 0.2) is 41.3 Å². The molecule has 0 amide bonds. The van der Waals surface area contributed by atoms with Gasteiger partial charge in [0.05, 0.1) is 18.6 Å². The number of ether oxygens (including phenoxy) is 2. The fourth-order valence-corrected chi connectivity index (χ4v) is 4.66. The van der Waals surface area contributed by atoms with Crippen molar-refractivity contribution in [3.8, 4) is 11.5 Å². The summed E-state index contributed by atoms with van der Waals surface area (Å²) in [6.45, 7) is 4.35. The Morgan fingerprint density at radius 1 is 1.21 bits per heavy atom. The highest BCUT2D eigenvalue weighted by atomic mass is 32.2. The Labute approximate surface area is 142 Å². The lowest BCUT2D eigenvalue weighted by Gasteiger charge is -2.15. The van der Waals surface area contributed by atoms with Crippen molar-refractivity contribution in [3.05, 3.63) is 53.1 Å². The first-order chi connectivity index (χ1) is 11.4. The Morgan fingerprint density at radius 3 is 2.54 bits per heavy atom. The molecule has 1 heterocycles. The van der Waals surface area contributed by atoms with Crippen LogP contribution in [0.4, 0.5) is 0 Å². The summed E-state index contributed by atoms with van der Waals surface area (Å²) in [4.78, 5) is 0.315. The number of sulfonamides is 1. The lowest BCUT2D eigenvalue weighted by atomic mass is 10.0. The van der Waals surface area contributed by atoms with Gasteiger partial charge in [-0.1, -0.05) is 18.2 Å². The Bertz CT molecular complexity index is 838. The minimum atomic E-state index is -3.60. The summed E-state index contributed by atoms with van der Waals surface area (Å²) >= 11 is 0. The summed E-state index contributed by atoms with van der Waals surface area (Å²) in [5.74, 6) is 1.51. The van der Waals surface area contributed by atoms with Gasteiger partial charge < -0.3 is 9.47 Å². The van der Waals surface area contributed by atoms with Crippen LogP contribution < -0.4 is 14.2 Å². The van der Waals surface area contributed by atoms with Crippen molar-refractivity contribution in [2.45, 2.75) is 24.7 Å². The third kappa shape index (κ3) is 3.12. The second-order valence-electron chi connectivity index (χ2n) is 5.99. The predicted octanol–water partition coefficient (Wildman–Crippen LogP) is 2.77. The molecule has 0 radical (unpaired) electrons. The van der Waals surface area contributed by atoms with Crippen molar-refractivity contribution < 1.29 is 17.9 Å². The molecule has 1 unspecified atom stereocenters. The smallest absolute Gasteiger partial charge is 0.241 e. The van der Waals surface area contributed by atoms with E-state index >= 15 is 0 Å². The van der Waals surface area contributed by atoms with Gasteiger partial charge >= 0.3 is 0 Å². The van der Waals surface area contributed by atoms with E-state index in [9.17, 15) is 8.42 Å². The second-order valence-corrected chi connectivity index (χ2v) is 7.69. The molecule has 1 aliphatic heterocycles. The third-order valence-electron chi connectivity index (χ3n) is 4.26. The van der Waals surface area contributed by atoms with Crippen molar-refractivity contribution in [2.24, 2.45) is 0 Å². The van der Waals surface area contributed by atoms with Crippen LogP contribution in [0.2, 0.25) is 0 Å². The standard InChI is InChI=1S/C18H21NO4S/c1-12-8-15(22-3)9-13(2)18(12)24(20,21)19-10-14-11-23-17-7-5-4-6-16(14)17/h4-9,14,19H,10-11H2,1-3H3. The number of hydrogen-bond acceptors (Lipinski definition) is 4. The van der Waals surface area contributed by atoms with Crippen molar-refractivity contribution in [1.29, 1.82) is 0 Å². The van der Waals surface area contributed by atoms with Gasteiger partial charge in [-0.2, -0.15) is 0 Å². The van der Waals surface area contributed by atoms with Crippen LogP contribution in [0.5, 0.6) is 11.5 Å². The van der Waals surface area contributed by atoms with Crippen molar-refractivity contribution in [3.63, 3.8) is 0 Å². The monoisotopic (exact) mass is 347 g/mol. The molecule has 6 heteroatoms. The molecule has 24 heavy (non-hydrogen) atoms. The SMILES string of the molecule is COc1cc(C)c(S(=O)(=O)NCC2COc3ccccc32)c(C)c1. The first-order valence-corrected chi connectivity index (χ1v) is 9.27. The molecule has 1 atom stereocenters. The second kappa shape index (κ2) is 6.45. The molecule has 0 saturated heterocycles. The Kier molecular flexibility index (Phi) is 4.51. The maximum Gasteiger partial charge on any atom is 0.241 e. The van der Waals surface area contributed by atoms with Gasteiger partial charge in [0.25, 0.3) is 0 Å². The van der Waals surface area contributed by atoms with Crippen LogP contribution in [-0.2, 0) is 10.0 Å². The minimum Gasteiger partial charge on any atom is -0.497 e. The number of aryl methyl sites for hydroxylation is 2. The van der Waals surface area contributed by atoms with E-state index in [1.54, 1.807) is 33.1 Å². The molecule has 0 aliphatic carbocycles. The van der Waals surface area contributed by atoms with E-state index in [4.69, 9.17) is 9.47 Å². The predicted molar refractivity (Wildman–Crippen MR) is 92.3 cm³/mol. The number of methoxy groups -OCH3 is 1. The van der Waals surface area contributed by atoms with Crippen molar-refractivity contribution >= 4 is 10.0 Å². The van der Waals surface area contributed by atoms with Gasteiger partial charge in [0.1, 0.15) is 11.5 Å². The lowest BCUT2D eigenvalue weighted by Crippen LogP contribution is -2.30. The summed E-state index contributed by atoms with van der Waals surface area (Å²) in [6, 6.07) is 11.2. The molecule has 128 valence electrons. The highest BCUT2D eigenvalue weighted by Gasteiger charge is 2.27. The van der Waals surface area contributed by atoms with Gasteiger partial charge in [0, 0.05) is 18.0 Å². The van der Waals surface area contributed by atoms with Crippen molar-refractivity contribution in [1.82, 2.24) is 4.72 Å². The number of fused-ring (bicyclic) bond motifs is 1. The number of rotatable bonds is 5. The average Bonchev–Trinajstić information content (AvgIpc) is 2.95. The first kappa shape index (κ1) is 16.8. The highest BCUT2D eigenvalue weighted by Crippen LogP contribution is 2.33. The third-order valence-corrected chi connectivity index (χ3v) is 5.99. The van der Waals surface area contributed by atoms with E-state index in [2.05, 4.69) is 4.72 Å². The van der Waals surface area contributed by atoms with Gasteiger partial charge in [-0.05, 0) is 43.2 Å². The molecule has 0 bridgehead atoms. The van der Waals surface area contributed by atoms with Gasteiger partial charge in [-0.25, -0.2) is 13.1 Å². The molecule has 0 saturated carbocycles. The fraction of sp³-hybridized carbons (Fsp3) is 0.333. The first-order valence-electron chi connectivity index (χ1n) is 7.79. The summed E-state index contributed by atoms with van der Waals surface area (Å²) in [5.41, 5.74) is 2.38. The summed E-state index contributed by atoms with van der Waals surface area (Å²) < 4.78 is 39.0. The molecule has 1 N–H and O–H groups in total. The molecule has 3 rings (SSSR count). The molecule has 0 spiro atoms. The Hall–Kier alpha value is -2.05. The molecule has 1 aliphatic rings. The Morgan fingerprint density at radius 2 is 1.88 bits per heavy atom. The summed E-state index contributed by atoms with van der Waals surface area (Å²) in [6.07, 6.45) is 0. The van der Waals surface area contributed by atoms with E-state index in [1.807, 2.05) is 24.3 Å². The quantitative estimate of drug-likeness (QED) is 0.903. The van der Waals surface area contributed by atoms with Crippen LogP contribution in [0, 0.1) is 13.8 Å². The Balaban J connectivity index is 1.81. The normalized spacial score (nSPS) is 16.5. The molecular weight excluding hydrogens is 326 g/mol. The maximum atomic E-state index is 12.7. The van der Waals surface area contributed by atoms with E-state index in [1.165, 1.54) is 0 Å². The van der Waals surface area contributed by atoms with Gasteiger partial charge in [0.2, 0.25) is 10.0 Å². The number of nitrogens with one attached hydrogen (secondary N) is 1. The molecular formula is C18H21NO4S. The van der Waals surface area contributed by atoms with Crippen LogP contribution in [0.3, 0.4) is 0 Å². The van der Waals surface area contributed by atoms with E-state index in [0.717, 1.165) is 11.3 Å². The topological polar surface area (TPSA) is 64.6 Å². The molecule has 0 aromatic heterocycles. The number of hydrogen-bond donors (Lipinski definition) is 1. The zero-order valence-electron chi connectivity index (χ0n) is 14.0. The van der Waals surface area contributed by atoms with E-state index in [-0.39, 0.29) is 5.92 Å². The van der Waals surface area contributed by atoms with Crippen LogP contribution in [0.25, 0.3) is 0 Å². The zero-order valence-corrected chi connectivity index (χ0v) is 14.8. The van der Waals surface area contributed by atoms with Crippen molar-refractivity contribution in [2.75, 3.05) is 20.3 Å². The van der Waals surface area contributed by atoms with Crippen LogP contribution in [-0.4, -0.2) is 28.7 Å². The molecule has 2 aromatic carbocycles. The summed E-state index contributed by atoms with van der Waals surface area (Å²) in [7, 11) is -2.03. The molecule has 5 nitrogen and oxygen atoms in total. The van der Waals surface area contributed by atoms with E-state index < -0.39 is 10.0 Å². The highest BCUT2D eigenvalue weighted by molar-refractivity contribution is 7.89. The number of benzene rings is 2. The maximum absolute atomic E-state index is 12.7. The van der Waals surface area contributed by atoms with Gasteiger partial charge in [-0.3, -0.25) is 0 Å². The van der Waals surface area contributed by atoms with Crippen LogP contribution >= 0.6 is 0 Å². The van der Waals surface area contributed by atoms with Crippen LogP contribution in [0.1, 0.15) is 22.6 Å². The van der Waals surface area contributed by atoms with E-state index in [0.29, 0.717) is 34.9 Å². The minimum absolute atomic E-state index is 0.0230. The zero-order chi connectivity index (χ0) is 17.3. The fourth-order valence-electron chi connectivity index (χ4n) is 3.13.